The number of piperidine rings is 1. The van der Waals surface area contributed by atoms with Gasteiger partial charge in [0.05, 0.1) is 5.92 Å². The summed E-state index contributed by atoms with van der Waals surface area (Å²) in [5, 5.41) is 3.27. The predicted molar refractivity (Wildman–Crippen MR) is 54.8 cm³/mol. The molecule has 2 rings (SSSR count). The lowest BCUT2D eigenvalue weighted by molar-refractivity contribution is -0.135. The number of nitrogens with zero attached hydrogens (tertiary/aromatic N) is 1. The minimum absolute atomic E-state index is 0.203. The predicted octanol–water partition coefficient (Wildman–Crippen LogP) is -0.454. The first-order valence-corrected chi connectivity index (χ1v) is 5.52. The molecule has 3 N–H and O–H groups in total. The molecule has 2 fully saturated rings. The maximum absolute atomic E-state index is 12.0. The Morgan fingerprint density at radius 3 is 2.86 bits per heavy atom. The van der Waals surface area contributed by atoms with Crippen molar-refractivity contribution < 1.29 is 4.79 Å². The zero-order valence-electron chi connectivity index (χ0n) is 8.54. The van der Waals surface area contributed by atoms with E-state index < -0.39 is 0 Å². The van der Waals surface area contributed by atoms with Crippen LogP contribution in [0.1, 0.15) is 19.3 Å². The first-order chi connectivity index (χ1) is 6.77. The number of hydrogen-bond donors (Lipinski definition) is 2. The summed E-state index contributed by atoms with van der Waals surface area (Å²) < 4.78 is 0. The van der Waals surface area contributed by atoms with Crippen LogP contribution >= 0.6 is 0 Å². The molecule has 2 aliphatic rings. The molecule has 2 aliphatic heterocycles. The number of nitrogens with two attached hydrogens (primary N) is 1. The van der Waals surface area contributed by atoms with Gasteiger partial charge in [-0.05, 0) is 25.8 Å². The number of rotatable bonds is 1. The standard InChI is InChI=1S/C10H19N3O/c11-9-3-5-13(7-9)10(14)8-2-1-4-12-6-8/h8-9,12H,1-7,11H2/t8-,9+/m1/s1. The Balaban J connectivity index is 1.87. The quantitative estimate of drug-likeness (QED) is 0.598. The number of carbonyl (C=O) groups is 1. The van der Waals surface area contributed by atoms with Gasteiger partial charge in [-0.25, -0.2) is 0 Å². The summed E-state index contributed by atoms with van der Waals surface area (Å²) >= 11 is 0. The van der Waals surface area contributed by atoms with Crippen molar-refractivity contribution in [2.24, 2.45) is 11.7 Å². The summed E-state index contributed by atoms with van der Waals surface area (Å²) in [6, 6.07) is 0.204. The van der Waals surface area contributed by atoms with Crippen molar-refractivity contribution in [3.05, 3.63) is 0 Å². The molecule has 2 atom stereocenters. The summed E-state index contributed by atoms with van der Waals surface area (Å²) in [6.45, 7) is 3.53. The maximum Gasteiger partial charge on any atom is 0.227 e. The van der Waals surface area contributed by atoms with Gasteiger partial charge in [-0.1, -0.05) is 0 Å². The summed E-state index contributed by atoms with van der Waals surface area (Å²) in [7, 11) is 0. The van der Waals surface area contributed by atoms with Crippen molar-refractivity contribution in [2.45, 2.75) is 25.3 Å². The lowest BCUT2D eigenvalue weighted by Gasteiger charge is -2.26. The zero-order valence-corrected chi connectivity index (χ0v) is 8.54. The molecule has 1 amide bonds. The van der Waals surface area contributed by atoms with Gasteiger partial charge in [0.25, 0.3) is 0 Å². The smallest absolute Gasteiger partial charge is 0.227 e. The Labute approximate surface area is 84.8 Å². The van der Waals surface area contributed by atoms with E-state index in [0.29, 0.717) is 5.91 Å². The van der Waals surface area contributed by atoms with Crippen molar-refractivity contribution >= 4 is 5.91 Å². The van der Waals surface area contributed by atoms with E-state index in [0.717, 1.165) is 45.4 Å². The molecular weight excluding hydrogens is 178 g/mol. The molecule has 0 aromatic heterocycles. The summed E-state index contributed by atoms with van der Waals surface area (Å²) in [6.07, 6.45) is 3.12. The normalized spacial score (nSPS) is 33.4. The van der Waals surface area contributed by atoms with Crippen LogP contribution < -0.4 is 11.1 Å². The number of amides is 1. The molecule has 0 saturated carbocycles. The monoisotopic (exact) mass is 197 g/mol. The Morgan fingerprint density at radius 1 is 1.43 bits per heavy atom. The summed E-state index contributed by atoms with van der Waals surface area (Å²) in [5.74, 6) is 0.513. The Bertz CT molecular complexity index is 207. The molecule has 0 bridgehead atoms. The topological polar surface area (TPSA) is 58.4 Å². The van der Waals surface area contributed by atoms with Gasteiger partial charge < -0.3 is 16.0 Å². The fourth-order valence-electron chi connectivity index (χ4n) is 2.31. The number of likely N-dealkylation sites (tertiary alicyclic amines) is 1. The Hall–Kier alpha value is -0.610. The van der Waals surface area contributed by atoms with E-state index in [9.17, 15) is 4.79 Å². The van der Waals surface area contributed by atoms with Crippen LogP contribution in [-0.4, -0.2) is 43.0 Å². The molecule has 4 nitrogen and oxygen atoms in total. The van der Waals surface area contributed by atoms with Crippen LogP contribution in [0.2, 0.25) is 0 Å². The van der Waals surface area contributed by atoms with Gasteiger partial charge in [0.1, 0.15) is 0 Å². The lowest BCUT2D eigenvalue weighted by Crippen LogP contribution is -2.42. The van der Waals surface area contributed by atoms with E-state index in [2.05, 4.69) is 5.32 Å². The highest BCUT2D eigenvalue weighted by atomic mass is 16.2. The number of carbonyl (C=O) groups excluding carboxylic acids is 1. The third-order valence-electron chi connectivity index (χ3n) is 3.18. The molecule has 0 aromatic carbocycles. The molecule has 2 heterocycles. The highest BCUT2D eigenvalue weighted by Crippen LogP contribution is 2.16. The van der Waals surface area contributed by atoms with Crippen molar-refractivity contribution in [1.82, 2.24) is 10.2 Å². The van der Waals surface area contributed by atoms with E-state index >= 15 is 0 Å². The van der Waals surface area contributed by atoms with E-state index in [1.54, 1.807) is 0 Å². The third kappa shape index (κ3) is 2.07. The molecule has 0 unspecified atom stereocenters. The fraction of sp³-hybridized carbons (Fsp3) is 0.900. The van der Waals surface area contributed by atoms with Crippen LogP contribution in [0.15, 0.2) is 0 Å². The van der Waals surface area contributed by atoms with E-state index in [1.165, 1.54) is 0 Å². The first kappa shape index (κ1) is 9.93. The van der Waals surface area contributed by atoms with Crippen LogP contribution in [-0.2, 0) is 4.79 Å². The van der Waals surface area contributed by atoms with Crippen LogP contribution in [0.3, 0.4) is 0 Å². The second kappa shape index (κ2) is 4.28. The van der Waals surface area contributed by atoms with Crippen LogP contribution in [0.25, 0.3) is 0 Å². The average molecular weight is 197 g/mol. The molecule has 0 aromatic rings. The van der Waals surface area contributed by atoms with Gasteiger partial charge in [0, 0.05) is 25.7 Å². The van der Waals surface area contributed by atoms with Gasteiger partial charge in [0.15, 0.2) is 0 Å². The van der Waals surface area contributed by atoms with Gasteiger partial charge >= 0.3 is 0 Å². The Kier molecular flexibility index (Phi) is 3.03. The van der Waals surface area contributed by atoms with Crippen molar-refractivity contribution in [2.75, 3.05) is 26.2 Å². The van der Waals surface area contributed by atoms with Crippen molar-refractivity contribution in [3.63, 3.8) is 0 Å². The first-order valence-electron chi connectivity index (χ1n) is 5.52. The largest absolute Gasteiger partial charge is 0.341 e. The summed E-state index contributed by atoms with van der Waals surface area (Å²) in [5.41, 5.74) is 5.78. The molecule has 0 spiro atoms. The van der Waals surface area contributed by atoms with E-state index in [4.69, 9.17) is 5.73 Å². The van der Waals surface area contributed by atoms with Gasteiger partial charge in [-0.15, -0.1) is 0 Å². The molecule has 0 aliphatic carbocycles. The van der Waals surface area contributed by atoms with Gasteiger partial charge in [0.2, 0.25) is 5.91 Å². The van der Waals surface area contributed by atoms with Crippen molar-refractivity contribution in [3.8, 4) is 0 Å². The lowest BCUT2D eigenvalue weighted by atomic mass is 9.98. The molecule has 14 heavy (non-hydrogen) atoms. The molecular formula is C10H19N3O. The number of nitrogens with one attached hydrogen (secondary N) is 1. The van der Waals surface area contributed by atoms with Gasteiger partial charge in [-0.2, -0.15) is 0 Å². The average Bonchev–Trinajstić information content (AvgIpc) is 2.65. The van der Waals surface area contributed by atoms with Gasteiger partial charge in [-0.3, -0.25) is 4.79 Å². The minimum atomic E-state index is 0.203. The fourth-order valence-corrected chi connectivity index (χ4v) is 2.31. The second-order valence-corrected chi connectivity index (χ2v) is 4.38. The highest BCUT2D eigenvalue weighted by Gasteiger charge is 2.29. The van der Waals surface area contributed by atoms with E-state index in [-0.39, 0.29) is 12.0 Å². The van der Waals surface area contributed by atoms with E-state index in [1.807, 2.05) is 4.90 Å². The molecule has 2 saturated heterocycles. The molecule has 0 radical (unpaired) electrons. The van der Waals surface area contributed by atoms with Crippen molar-refractivity contribution in [1.29, 1.82) is 0 Å². The van der Waals surface area contributed by atoms with Crippen LogP contribution in [0, 0.1) is 5.92 Å². The zero-order chi connectivity index (χ0) is 9.97. The number of hydrogen-bond acceptors (Lipinski definition) is 3. The SMILES string of the molecule is N[C@H]1CCN(C(=O)[C@@H]2CCCNC2)C1. The molecule has 80 valence electrons. The van der Waals surface area contributed by atoms with Crippen LogP contribution in [0.4, 0.5) is 0 Å². The minimum Gasteiger partial charge on any atom is -0.341 e. The highest BCUT2D eigenvalue weighted by molar-refractivity contribution is 5.79. The second-order valence-electron chi connectivity index (χ2n) is 4.38. The Morgan fingerprint density at radius 2 is 2.29 bits per heavy atom. The molecule has 4 heteroatoms. The third-order valence-corrected chi connectivity index (χ3v) is 3.18. The van der Waals surface area contributed by atoms with Crippen LogP contribution in [0.5, 0.6) is 0 Å². The summed E-state index contributed by atoms with van der Waals surface area (Å²) in [4.78, 5) is 13.9. The maximum atomic E-state index is 12.0.